The number of nitrogens with zero attached hydrogens (tertiary/aromatic N) is 1. The molecule has 0 atom stereocenters. The van der Waals surface area contributed by atoms with E-state index in [1.807, 2.05) is 0 Å². The lowest BCUT2D eigenvalue weighted by Gasteiger charge is -2.35. The molecule has 0 aliphatic carbocycles. The third-order valence-corrected chi connectivity index (χ3v) is 5.75. The van der Waals surface area contributed by atoms with Crippen LogP contribution in [0.15, 0.2) is 0 Å². The first-order valence-corrected chi connectivity index (χ1v) is 12.6. The predicted octanol–water partition coefficient (Wildman–Crippen LogP) is 6.07. The highest BCUT2D eigenvalue weighted by Crippen LogP contribution is 2.14. The third-order valence-electron chi connectivity index (χ3n) is 5.02. The summed E-state index contributed by atoms with van der Waals surface area (Å²) in [5.74, 6) is -0.201. The van der Waals surface area contributed by atoms with Crippen molar-refractivity contribution in [2.24, 2.45) is 0 Å². The van der Waals surface area contributed by atoms with Crippen molar-refractivity contribution in [3.63, 3.8) is 0 Å². The summed E-state index contributed by atoms with van der Waals surface area (Å²) in [6.45, 7) is 12.5. The Morgan fingerprint density at radius 1 is 0.615 bits per heavy atom. The molecule has 0 aliphatic rings. The fraction of sp³-hybridized carbons (Fsp3) is 1.00. The molecular weight excluding hydrogens is 346 g/mol. The Labute approximate surface area is 165 Å². The van der Waals surface area contributed by atoms with Gasteiger partial charge in [0, 0.05) is 0 Å². The van der Waals surface area contributed by atoms with Crippen LogP contribution in [-0.4, -0.2) is 49.9 Å². The minimum absolute atomic E-state index is 0.201. The highest BCUT2D eigenvalue weighted by atomic mass is 32.2. The quantitative estimate of drug-likeness (QED) is 0.196. The van der Waals surface area contributed by atoms with E-state index in [9.17, 15) is 8.42 Å². The molecule has 0 aromatic rings. The minimum atomic E-state index is -3.66. The molecule has 160 valence electrons. The molecule has 0 radical (unpaired) electrons. The molecule has 1 N–H and O–H groups in total. The van der Waals surface area contributed by atoms with Gasteiger partial charge < -0.3 is 4.48 Å². The van der Waals surface area contributed by atoms with Gasteiger partial charge in [0.05, 0.1) is 32.4 Å². The number of hydrogen-bond acceptors (Lipinski definition) is 2. The van der Waals surface area contributed by atoms with Crippen LogP contribution >= 0.6 is 0 Å². The Morgan fingerprint density at radius 2 is 0.885 bits per heavy atom. The van der Waals surface area contributed by atoms with E-state index in [4.69, 9.17) is 4.55 Å². The fourth-order valence-electron chi connectivity index (χ4n) is 3.10. The van der Waals surface area contributed by atoms with Crippen molar-refractivity contribution in [1.82, 2.24) is 0 Å². The molecule has 0 aromatic carbocycles. The van der Waals surface area contributed by atoms with Gasteiger partial charge in [-0.25, -0.2) is 0 Å². The molecule has 0 fully saturated rings. The zero-order chi connectivity index (χ0) is 20.3. The second-order valence-corrected chi connectivity index (χ2v) is 9.58. The molecule has 0 unspecified atom stereocenters. The van der Waals surface area contributed by atoms with Crippen LogP contribution in [0.3, 0.4) is 0 Å². The average molecular weight is 395 g/mol. The molecule has 0 saturated heterocycles. The Hall–Kier alpha value is -0.130. The Morgan fingerprint density at radius 3 is 1.08 bits per heavy atom. The summed E-state index contributed by atoms with van der Waals surface area (Å²) in [6.07, 6.45) is 17.0. The zero-order valence-electron chi connectivity index (χ0n) is 18.4. The monoisotopic (exact) mass is 394 g/mol. The SMILES string of the molecule is CCCCCC[N+](C)(CCCCCC)CCCCCC.CCS(=O)(=O)O. The van der Waals surface area contributed by atoms with E-state index in [1.165, 1.54) is 108 Å². The highest BCUT2D eigenvalue weighted by molar-refractivity contribution is 7.85. The van der Waals surface area contributed by atoms with Gasteiger partial charge in [-0.3, -0.25) is 4.55 Å². The summed E-state index contributed by atoms with van der Waals surface area (Å²) in [4.78, 5) is 0. The topological polar surface area (TPSA) is 54.4 Å². The van der Waals surface area contributed by atoms with E-state index in [0.29, 0.717) is 0 Å². The van der Waals surface area contributed by atoms with Gasteiger partial charge in [-0.1, -0.05) is 59.3 Å². The first kappa shape index (κ1) is 28.1. The van der Waals surface area contributed by atoms with Gasteiger partial charge in [0.25, 0.3) is 10.1 Å². The van der Waals surface area contributed by atoms with Crippen molar-refractivity contribution in [2.45, 2.75) is 105 Å². The molecule has 0 aliphatic heterocycles. The summed E-state index contributed by atoms with van der Waals surface area (Å²) in [6, 6.07) is 0. The van der Waals surface area contributed by atoms with E-state index in [0.717, 1.165) is 0 Å². The minimum Gasteiger partial charge on any atom is -0.326 e. The molecule has 0 bridgehead atoms. The van der Waals surface area contributed by atoms with Gasteiger partial charge in [-0.05, 0) is 45.4 Å². The summed E-state index contributed by atoms with van der Waals surface area (Å²) in [7, 11) is -1.14. The van der Waals surface area contributed by atoms with Crippen LogP contribution < -0.4 is 0 Å². The second kappa shape index (κ2) is 18.2. The molecule has 4 nitrogen and oxygen atoms in total. The van der Waals surface area contributed by atoms with Crippen molar-refractivity contribution >= 4 is 10.1 Å². The molecule has 0 spiro atoms. The second-order valence-electron chi connectivity index (χ2n) is 7.84. The molecule has 5 heteroatoms. The molecule has 0 aromatic heterocycles. The summed E-state index contributed by atoms with van der Waals surface area (Å²) >= 11 is 0. The highest BCUT2D eigenvalue weighted by Gasteiger charge is 2.19. The normalized spacial score (nSPS) is 11.9. The Bertz CT molecular complexity index is 351. The standard InChI is InChI=1S/C19H42N.C2H6O3S/c1-5-8-11-14-17-20(4,18-15-12-9-6-2)19-16-13-10-7-3;1-2-6(3,4)5/h5-19H2,1-4H3;2H2,1H3,(H,3,4,5)/q+1;. The number of unbranched alkanes of at least 4 members (excludes halogenated alkanes) is 9. The van der Waals surface area contributed by atoms with Gasteiger partial charge in [-0.15, -0.1) is 0 Å². The van der Waals surface area contributed by atoms with Crippen LogP contribution in [0.25, 0.3) is 0 Å². The molecule has 0 amide bonds. The molecule has 0 saturated carbocycles. The Kier molecular flexibility index (Phi) is 19.7. The predicted molar refractivity (Wildman–Crippen MR) is 115 cm³/mol. The maximum Gasteiger partial charge on any atom is 0.264 e. The van der Waals surface area contributed by atoms with Crippen molar-refractivity contribution in [1.29, 1.82) is 0 Å². The maximum atomic E-state index is 9.56. The lowest BCUT2D eigenvalue weighted by Crippen LogP contribution is -2.46. The lowest BCUT2D eigenvalue weighted by molar-refractivity contribution is -0.910. The summed E-state index contributed by atoms with van der Waals surface area (Å²) in [5.41, 5.74) is 0. The number of hydrogen-bond donors (Lipinski definition) is 1. The van der Waals surface area contributed by atoms with E-state index in [2.05, 4.69) is 27.8 Å². The molecule has 0 heterocycles. The Balaban J connectivity index is 0. The maximum absolute atomic E-state index is 9.56. The summed E-state index contributed by atoms with van der Waals surface area (Å²) < 4.78 is 28.3. The van der Waals surface area contributed by atoms with Crippen LogP contribution in [0.1, 0.15) is 105 Å². The van der Waals surface area contributed by atoms with Crippen LogP contribution in [0.2, 0.25) is 0 Å². The third kappa shape index (κ3) is 21.9. The van der Waals surface area contributed by atoms with Crippen LogP contribution in [-0.2, 0) is 10.1 Å². The zero-order valence-corrected chi connectivity index (χ0v) is 19.2. The van der Waals surface area contributed by atoms with Gasteiger partial charge >= 0.3 is 0 Å². The smallest absolute Gasteiger partial charge is 0.264 e. The van der Waals surface area contributed by atoms with Crippen molar-refractivity contribution in [3.8, 4) is 0 Å². The van der Waals surface area contributed by atoms with Gasteiger partial charge in [0.15, 0.2) is 0 Å². The molecule has 26 heavy (non-hydrogen) atoms. The first-order valence-electron chi connectivity index (χ1n) is 11.0. The fourth-order valence-corrected chi connectivity index (χ4v) is 3.10. The number of rotatable bonds is 16. The van der Waals surface area contributed by atoms with E-state index in [1.54, 1.807) is 0 Å². The van der Waals surface area contributed by atoms with E-state index < -0.39 is 10.1 Å². The molecular formula is C21H48NO3S+. The van der Waals surface area contributed by atoms with Crippen molar-refractivity contribution in [3.05, 3.63) is 0 Å². The van der Waals surface area contributed by atoms with Gasteiger partial charge in [0.2, 0.25) is 0 Å². The largest absolute Gasteiger partial charge is 0.326 e. The van der Waals surface area contributed by atoms with Crippen molar-refractivity contribution < 1.29 is 17.5 Å². The number of quaternary nitrogens is 1. The van der Waals surface area contributed by atoms with Gasteiger partial charge in [-0.2, -0.15) is 8.42 Å². The van der Waals surface area contributed by atoms with E-state index in [-0.39, 0.29) is 5.75 Å². The van der Waals surface area contributed by atoms with Crippen molar-refractivity contribution in [2.75, 3.05) is 32.4 Å². The first-order chi connectivity index (χ1) is 12.2. The van der Waals surface area contributed by atoms with Gasteiger partial charge in [0.1, 0.15) is 0 Å². The molecule has 0 rings (SSSR count). The lowest BCUT2D eigenvalue weighted by atomic mass is 10.1. The average Bonchev–Trinajstić information content (AvgIpc) is 2.60. The van der Waals surface area contributed by atoms with Crippen LogP contribution in [0.5, 0.6) is 0 Å². The van der Waals surface area contributed by atoms with E-state index >= 15 is 0 Å². The van der Waals surface area contributed by atoms with Crippen LogP contribution in [0, 0.1) is 0 Å². The van der Waals surface area contributed by atoms with Crippen LogP contribution in [0.4, 0.5) is 0 Å². The summed E-state index contributed by atoms with van der Waals surface area (Å²) in [5, 5.41) is 0.